The van der Waals surface area contributed by atoms with Crippen LogP contribution in [0.15, 0.2) is 53.8 Å². The van der Waals surface area contributed by atoms with Crippen molar-refractivity contribution in [2.24, 2.45) is 16.8 Å². The van der Waals surface area contributed by atoms with Crippen LogP contribution in [-0.2, 0) is 13.1 Å². The minimum Gasteiger partial charge on any atom is -0.356 e. The van der Waals surface area contributed by atoms with E-state index >= 15 is 0 Å². The number of hydrogen-bond acceptors (Lipinski definition) is 3. The van der Waals surface area contributed by atoms with Crippen LogP contribution in [0.1, 0.15) is 31.7 Å². The van der Waals surface area contributed by atoms with Crippen LogP contribution in [0, 0.1) is 11.8 Å². The van der Waals surface area contributed by atoms with Gasteiger partial charge in [-0.25, -0.2) is 0 Å². The molecule has 1 N–H and O–H groups in total. The van der Waals surface area contributed by atoms with Gasteiger partial charge >= 0.3 is 0 Å². The zero-order chi connectivity index (χ0) is 20.8. The summed E-state index contributed by atoms with van der Waals surface area (Å²) in [5, 5.41) is 7.94. The van der Waals surface area contributed by atoms with E-state index in [0.29, 0.717) is 12.0 Å². The number of guanidine groups is 1. The number of fused-ring (bicyclic) bond motifs is 1. The second-order valence-corrected chi connectivity index (χ2v) is 8.92. The Labute approximate surface area is 181 Å². The first-order valence-electron chi connectivity index (χ1n) is 11.4. The van der Waals surface area contributed by atoms with Crippen LogP contribution in [0.5, 0.6) is 0 Å². The number of benzene rings is 1. The molecule has 3 atom stereocenters. The Hall–Kier alpha value is -2.34. The number of rotatable bonds is 6. The van der Waals surface area contributed by atoms with Gasteiger partial charge in [-0.05, 0) is 49.3 Å². The molecular weight excluding hydrogens is 372 g/mol. The van der Waals surface area contributed by atoms with E-state index in [2.05, 4.69) is 62.5 Å². The highest BCUT2D eigenvalue weighted by Crippen LogP contribution is 2.31. The highest BCUT2D eigenvalue weighted by Gasteiger charge is 2.36. The Morgan fingerprint density at radius 1 is 1.20 bits per heavy atom. The standard InChI is InChI=1S/C24H36N6/c1-20(17-30-14-7-12-27-30)16-26-24(25-2)29-15-11-23-22(19-29)10-6-13-28(23)18-21-8-4-3-5-9-21/h3-5,7-9,12,14,20,22-23H,6,10-11,13,15-19H2,1-2H3,(H,25,26). The SMILES string of the molecule is CN=C(NCC(C)Cn1cccn1)N1CCC2C(CCCN2Cc2ccccc2)C1. The Morgan fingerprint density at radius 3 is 2.83 bits per heavy atom. The van der Waals surface area contributed by atoms with E-state index in [4.69, 9.17) is 0 Å². The number of aromatic nitrogens is 2. The molecule has 0 saturated carbocycles. The average Bonchev–Trinajstić information content (AvgIpc) is 3.28. The van der Waals surface area contributed by atoms with Gasteiger partial charge in [0.05, 0.1) is 0 Å². The lowest BCUT2D eigenvalue weighted by molar-refractivity contribution is 0.0372. The summed E-state index contributed by atoms with van der Waals surface area (Å²) in [6.07, 6.45) is 7.73. The molecule has 3 unspecified atom stereocenters. The van der Waals surface area contributed by atoms with Gasteiger partial charge in [-0.2, -0.15) is 5.10 Å². The molecule has 2 fully saturated rings. The summed E-state index contributed by atoms with van der Waals surface area (Å²) in [5.74, 6) is 2.28. The lowest BCUT2D eigenvalue weighted by Crippen LogP contribution is -2.57. The third kappa shape index (κ3) is 5.22. The van der Waals surface area contributed by atoms with Gasteiger partial charge in [0, 0.05) is 58.2 Å². The van der Waals surface area contributed by atoms with Gasteiger partial charge in [-0.3, -0.25) is 14.6 Å². The van der Waals surface area contributed by atoms with Crippen LogP contribution >= 0.6 is 0 Å². The van der Waals surface area contributed by atoms with Gasteiger partial charge in [0.15, 0.2) is 5.96 Å². The molecule has 4 rings (SSSR count). The Balaban J connectivity index is 1.30. The molecule has 162 valence electrons. The summed E-state index contributed by atoms with van der Waals surface area (Å²) in [4.78, 5) is 9.81. The number of nitrogens with zero attached hydrogens (tertiary/aromatic N) is 5. The minimum absolute atomic E-state index is 0.496. The van der Waals surface area contributed by atoms with Gasteiger partial charge in [0.2, 0.25) is 0 Å². The molecule has 1 aromatic heterocycles. The maximum atomic E-state index is 4.60. The maximum Gasteiger partial charge on any atom is 0.193 e. The first-order chi connectivity index (χ1) is 14.7. The largest absolute Gasteiger partial charge is 0.356 e. The number of likely N-dealkylation sites (tertiary alicyclic amines) is 2. The summed E-state index contributed by atoms with van der Waals surface area (Å²) in [7, 11) is 1.91. The van der Waals surface area contributed by atoms with Crippen molar-refractivity contribution in [1.82, 2.24) is 24.9 Å². The van der Waals surface area contributed by atoms with Gasteiger partial charge in [0.25, 0.3) is 0 Å². The number of piperidine rings is 2. The van der Waals surface area contributed by atoms with Crippen molar-refractivity contribution in [3.05, 3.63) is 54.4 Å². The van der Waals surface area contributed by atoms with Crippen LogP contribution in [0.2, 0.25) is 0 Å². The first kappa shape index (κ1) is 20.9. The molecule has 30 heavy (non-hydrogen) atoms. The van der Waals surface area contributed by atoms with E-state index in [-0.39, 0.29) is 0 Å². The molecule has 2 saturated heterocycles. The van der Waals surface area contributed by atoms with Gasteiger partial charge in [0.1, 0.15) is 0 Å². The molecule has 0 radical (unpaired) electrons. The number of nitrogens with one attached hydrogen (secondary N) is 1. The van der Waals surface area contributed by atoms with Crippen molar-refractivity contribution in [1.29, 1.82) is 0 Å². The summed E-state index contributed by atoms with van der Waals surface area (Å²) < 4.78 is 2.00. The highest BCUT2D eigenvalue weighted by molar-refractivity contribution is 5.80. The Bertz CT molecular complexity index is 787. The van der Waals surface area contributed by atoms with Crippen LogP contribution in [0.4, 0.5) is 0 Å². The highest BCUT2D eigenvalue weighted by atomic mass is 15.3. The molecule has 1 aromatic carbocycles. The van der Waals surface area contributed by atoms with E-state index in [0.717, 1.165) is 44.6 Å². The molecular formula is C24H36N6. The fourth-order valence-electron chi connectivity index (χ4n) is 5.10. The average molecular weight is 409 g/mol. The van der Waals surface area contributed by atoms with Crippen LogP contribution in [-0.4, -0.2) is 64.8 Å². The normalized spacial score (nSPS) is 23.8. The second kappa shape index (κ2) is 10.1. The number of hydrogen-bond donors (Lipinski definition) is 1. The molecule has 0 spiro atoms. The first-order valence-corrected chi connectivity index (χ1v) is 11.4. The lowest BCUT2D eigenvalue weighted by atomic mass is 9.83. The minimum atomic E-state index is 0.496. The van der Waals surface area contributed by atoms with Crippen molar-refractivity contribution >= 4 is 5.96 Å². The number of aliphatic imine (C=N–C) groups is 1. The van der Waals surface area contributed by atoms with Gasteiger partial charge < -0.3 is 10.2 Å². The molecule has 0 aliphatic carbocycles. The monoisotopic (exact) mass is 408 g/mol. The lowest BCUT2D eigenvalue weighted by Gasteiger charge is -2.48. The third-order valence-electron chi connectivity index (χ3n) is 6.59. The molecule has 6 nitrogen and oxygen atoms in total. The fraction of sp³-hybridized carbons (Fsp3) is 0.583. The van der Waals surface area contributed by atoms with Crippen LogP contribution in [0.25, 0.3) is 0 Å². The van der Waals surface area contributed by atoms with E-state index in [1.807, 2.05) is 30.2 Å². The van der Waals surface area contributed by atoms with Crippen molar-refractivity contribution in [3.63, 3.8) is 0 Å². The van der Waals surface area contributed by atoms with Crippen LogP contribution in [0.3, 0.4) is 0 Å². The summed E-state index contributed by atoms with van der Waals surface area (Å²) in [6, 6.07) is 13.6. The van der Waals surface area contributed by atoms with Crippen LogP contribution < -0.4 is 5.32 Å². The molecule has 3 heterocycles. The van der Waals surface area contributed by atoms with Crippen molar-refractivity contribution < 1.29 is 0 Å². The van der Waals surface area contributed by atoms with E-state index in [9.17, 15) is 0 Å². The molecule has 6 heteroatoms. The topological polar surface area (TPSA) is 48.7 Å². The summed E-state index contributed by atoms with van der Waals surface area (Å²) >= 11 is 0. The summed E-state index contributed by atoms with van der Waals surface area (Å²) in [6.45, 7) is 8.61. The quantitative estimate of drug-likeness (QED) is 0.589. The zero-order valence-corrected chi connectivity index (χ0v) is 18.5. The van der Waals surface area contributed by atoms with Crippen molar-refractivity contribution in [2.75, 3.05) is 33.2 Å². The van der Waals surface area contributed by atoms with Gasteiger partial charge in [-0.15, -0.1) is 0 Å². The zero-order valence-electron chi connectivity index (χ0n) is 18.5. The fourth-order valence-corrected chi connectivity index (χ4v) is 5.10. The molecule has 2 aliphatic heterocycles. The molecule has 0 amide bonds. The third-order valence-corrected chi connectivity index (χ3v) is 6.59. The maximum absolute atomic E-state index is 4.60. The van der Waals surface area contributed by atoms with Crippen molar-refractivity contribution in [3.8, 4) is 0 Å². The van der Waals surface area contributed by atoms with Crippen molar-refractivity contribution in [2.45, 2.75) is 45.3 Å². The predicted molar refractivity (Wildman–Crippen MR) is 122 cm³/mol. The molecule has 0 bridgehead atoms. The molecule has 2 aromatic rings. The Morgan fingerprint density at radius 2 is 2.07 bits per heavy atom. The smallest absolute Gasteiger partial charge is 0.193 e. The predicted octanol–water partition coefficient (Wildman–Crippen LogP) is 3.08. The second-order valence-electron chi connectivity index (χ2n) is 8.92. The van der Waals surface area contributed by atoms with E-state index in [1.54, 1.807) is 0 Å². The van der Waals surface area contributed by atoms with E-state index < -0.39 is 0 Å². The Kier molecular flexibility index (Phi) is 7.05. The van der Waals surface area contributed by atoms with Gasteiger partial charge in [-0.1, -0.05) is 37.3 Å². The molecule has 2 aliphatic rings. The summed E-state index contributed by atoms with van der Waals surface area (Å²) in [5.41, 5.74) is 1.43. The van der Waals surface area contributed by atoms with E-state index in [1.165, 1.54) is 31.4 Å².